The molecule has 0 fully saturated rings. The lowest BCUT2D eigenvalue weighted by atomic mass is 10.1. The molecule has 2 aromatic carbocycles. The second-order valence-electron chi connectivity index (χ2n) is 8.37. The molecule has 270 valence electrons. The predicted molar refractivity (Wildman–Crippen MR) is 106 cm³/mol. The van der Waals surface area contributed by atoms with E-state index in [-0.39, 0.29) is 0 Å². The lowest BCUT2D eigenvalue weighted by molar-refractivity contribution is -0.337. The van der Waals surface area contributed by atoms with E-state index >= 15 is 0 Å². The molecule has 0 spiro atoms. The van der Waals surface area contributed by atoms with Gasteiger partial charge in [0.25, 0.3) is 0 Å². The standard InChI is InChI=1S/C20H2F24N4/c21-1-3(23)7(27)11(8(28)4(1)24)46-13(15(31,32)17(35,36)19(39,40)41)47-14(16(33,34)18(37,38)20(42,43)44)48(45)12-9(29)5(25)2(22)6(26)10(12)30/h45H2/b46-13+,47-14-. The van der Waals surface area contributed by atoms with E-state index in [2.05, 4.69) is 5.84 Å². The van der Waals surface area contributed by atoms with Crippen LogP contribution in [0.2, 0.25) is 0 Å². The molecule has 0 radical (unpaired) electrons. The van der Waals surface area contributed by atoms with Crippen LogP contribution >= 0.6 is 0 Å². The van der Waals surface area contributed by atoms with Crippen LogP contribution in [-0.4, -0.2) is 47.7 Å². The van der Waals surface area contributed by atoms with Gasteiger partial charge in [0.1, 0.15) is 11.4 Å². The Balaban J connectivity index is 3.38. The summed E-state index contributed by atoms with van der Waals surface area (Å²) in [6.45, 7) is 0. The highest BCUT2D eigenvalue weighted by atomic mass is 19.4. The van der Waals surface area contributed by atoms with Crippen molar-refractivity contribution in [1.82, 2.24) is 0 Å². The fourth-order valence-electron chi connectivity index (χ4n) is 2.89. The van der Waals surface area contributed by atoms with Crippen LogP contribution < -0.4 is 10.9 Å². The van der Waals surface area contributed by atoms with Crippen LogP contribution in [0.1, 0.15) is 0 Å². The Morgan fingerprint density at radius 1 is 0.438 bits per heavy atom. The van der Waals surface area contributed by atoms with Crippen molar-refractivity contribution >= 4 is 23.0 Å². The molecule has 2 N–H and O–H groups in total. The summed E-state index contributed by atoms with van der Waals surface area (Å²) in [4.78, 5) is 2.35. The van der Waals surface area contributed by atoms with Crippen molar-refractivity contribution in [2.75, 3.05) is 5.01 Å². The lowest BCUT2D eigenvalue weighted by Gasteiger charge is -2.34. The highest BCUT2D eigenvalue weighted by Crippen LogP contribution is 2.51. The van der Waals surface area contributed by atoms with E-state index in [9.17, 15) is 105 Å². The molecule has 0 heterocycles. The smallest absolute Gasteiger partial charge is 0.254 e. The van der Waals surface area contributed by atoms with Gasteiger partial charge in [-0.3, -0.25) is 5.01 Å². The monoisotopic (exact) mass is 754 g/mol. The number of hydrazine groups is 1. The number of halogens is 24. The van der Waals surface area contributed by atoms with Gasteiger partial charge in [-0.25, -0.2) is 59.7 Å². The number of aliphatic imine (C=N–C) groups is 2. The number of hydrogen-bond donors (Lipinski definition) is 1. The second-order valence-corrected chi connectivity index (χ2v) is 8.37. The van der Waals surface area contributed by atoms with Crippen LogP contribution in [0.5, 0.6) is 0 Å². The fourth-order valence-corrected chi connectivity index (χ4v) is 2.89. The summed E-state index contributed by atoms with van der Waals surface area (Å²) in [6.07, 6.45) is -15.6. The van der Waals surface area contributed by atoms with Crippen molar-refractivity contribution in [2.45, 2.75) is 36.0 Å². The molecule has 0 aliphatic rings. The zero-order chi connectivity index (χ0) is 38.1. The van der Waals surface area contributed by atoms with E-state index in [1.807, 2.05) is 0 Å². The third-order valence-electron chi connectivity index (χ3n) is 5.33. The largest absolute Gasteiger partial charge is 0.460 e. The van der Waals surface area contributed by atoms with Crippen molar-refractivity contribution in [3.05, 3.63) is 58.2 Å². The summed E-state index contributed by atoms with van der Waals surface area (Å²) < 4.78 is 329. The number of anilines is 1. The van der Waals surface area contributed by atoms with E-state index in [1.54, 1.807) is 0 Å². The summed E-state index contributed by atoms with van der Waals surface area (Å²) >= 11 is 0. The number of nitrogens with two attached hydrogens (primary N) is 1. The first-order valence-electron chi connectivity index (χ1n) is 10.6. The summed E-state index contributed by atoms with van der Waals surface area (Å²) in [5.41, 5.74) is -6.89. The molecule has 0 unspecified atom stereocenters. The maximum Gasteiger partial charge on any atom is 0.460 e. The molecule has 48 heavy (non-hydrogen) atoms. The molecule has 2 aromatic rings. The lowest BCUT2D eigenvalue weighted by Crippen LogP contribution is -2.63. The van der Waals surface area contributed by atoms with Crippen molar-refractivity contribution in [1.29, 1.82) is 0 Å². The van der Waals surface area contributed by atoms with Gasteiger partial charge in [-0.05, 0) is 0 Å². The molecule has 0 amide bonds. The number of benzene rings is 2. The maximum atomic E-state index is 14.7. The summed E-state index contributed by atoms with van der Waals surface area (Å²) in [6, 6.07) is 0. The number of amidine groups is 2. The van der Waals surface area contributed by atoms with E-state index in [4.69, 9.17) is 0 Å². The van der Waals surface area contributed by atoms with Crippen LogP contribution in [0.3, 0.4) is 0 Å². The Hall–Kier alpha value is -4.14. The maximum absolute atomic E-state index is 14.7. The highest BCUT2D eigenvalue weighted by Gasteiger charge is 2.78. The topological polar surface area (TPSA) is 54.0 Å². The van der Waals surface area contributed by atoms with E-state index < -0.39 is 122 Å². The van der Waals surface area contributed by atoms with Crippen LogP contribution in [0.25, 0.3) is 0 Å². The van der Waals surface area contributed by atoms with Crippen LogP contribution in [0.4, 0.5) is 117 Å². The third-order valence-corrected chi connectivity index (χ3v) is 5.33. The molecule has 2 rings (SSSR count). The normalized spacial score (nSPS) is 14.6. The first-order valence-corrected chi connectivity index (χ1v) is 10.6. The van der Waals surface area contributed by atoms with Crippen molar-refractivity contribution in [3.63, 3.8) is 0 Å². The third kappa shape index (κ3) is 6.01. The minimum atomic E-state index is -8.02. The SMILES string of the molecule is NN(/C(=N\C(=N\c1c(F)c(F)c(F)c(F)c1F)C(F)(F)C(F)(F)C(F)(F)F)C(F)(F)C(F)(F)C(F)(F)F)c1c(F)c(F)c(F)c(F)c1F. The molecule has 0 atom stereocenters. The van der Waals surface area contributed by atoms with Crippen LogP contribution in [-0.2, 0) is 0 Å². The number of alkyl halides is 14. The van der Waals surface area contributed by atoms with Crippen molar-refractivity contribution in [2.24, 2.45) is 15.8 Å². The number of rotatable bonds is 6. The Morgan fingerprint density at radius 3 is 1.06 bits per heavy atom. The highest BCUT2D eigenvalue weighted by molar-refractivity contribution is 6.11. The summed E-state index contributed by atoms with van der Waals surface area (Å²) in [5.74, 6) is -71.2. The van der Waals surface area contributed by atoms with Gasteiger partial charge in [-0.2, -0.15) is 61.5 Å². The van der Waals surface area contributed by atoms with Crippen LogP contribution in [0, 0.1) is 58.2 Å². The van der Waals surface area contributed by atoms with Gasteiger partial charge in [-0.1, -0.05) is 0 Å². The molecular weight excluding hydrogens is 752 g/mol. The molecule has 4 nitrogen and oxygen atoms in total. The Morgan fingerprint density at radius 2 is 0.729 bits per heavy atom. The van der Waals surface area contributed by atoms with Gasteiger partial charge in [0.05, 0.1) is 0 Å². The minimum absolute atomic E-state index is 1.04. The van der Waals surface area contributed by atoms with Gasteiger partial charge < -0.3 is 0 Å². The van der Waals surface area contributed by atoms with E-state index in [1.165, 1.54) is 4.99 Å². The molecule has 0 bridgehead atoms. The van der Waals surface area contributed by atoms with Gasteiger partial charge in [-0.15, -0.1) is 0 Å². The fraction of sp³-hybridized carbons (Fsp3) is 0.300. The molecular formula is C20H2F24N4. The molecule has 0 aliphatic carbocycles. The zero-order valence-corrected chi connectivity index (χ0v) is 21.0. The molecule has 0 saturated heterocycles. The molecule has 0 aliphatic heterocycles. The molecule has 28 heteroatoms. The van der Waals surface area contributed by atoms with Gasteiger partial charge >= 0.3 is 36.0 Å². The van der Waals surface area contributed by atoms with E-state index in [0.29, 0.717) is 0 Å². The predicted octanol–water partition coefficient (Wildman–Crippen LogP) is 8.55. The summed E-state index contributed by atoms with van der Waals surface area (Å²) in [5, 5.41) is -2.45. The van der Waals surface area contributed by atoms with Crippen LogP contribution in [0.15, 0.2) is 9.98 Å². The zero-order valence-electron chi connectivity index (χ0n) is 21.0. The molecule has 0 aromatic heterocycles. The van der Waals surface area contributed by atoms with Gasteiger partial charge in [0, 0.05) is 0 Å². The Labute approximate surface area is 244 Å². The van der Waals surface area contributed by atoms with E-state index in [0.717, 1.165) is 4.99 Å². The quantitative estimate of drug-likeness (QED) is 0.0612. The first kappa shape index (κ1) is 40.0. The van der Waals surface area contributed by atoms with Crippen molar-refractivity contribution in [3.8, 4) is 0 Å². The number of nitrogens with zero attached hydrogens (tertiary/aromatic N) is 3. The average Bonchev–Trinajstić information content (AvgIpc) is 2.94. The Bertz CT molecular complexity index is 1610. The Kier molecular flexibility index (Phi) is 10.1. The molecule has 0 saturated carbocycles. The van der Waals surface area contributed by atoms with Gasteiger partial charge in [0.2, 0.25) is 23.3 Å². The second kappa shape index (κ2) is 12.1. The number of hydrogen-bond acceptors (Lipinski definition) is 2. The summed E-state index contributed by atoms with van der Waals surface area (Å²) in [7, 11) is 0. The minimum Gasteiger partial charge on any atom is -0.254 e. The van der Waals surface area contributed by atoms with Gasteiger partial charge in [0.15, 0.2) is 46.5 Å². The van der Waals surface area contributed by atoms with Crippen molar-refractivity contribution < 1.29 is 105 Å². The first-order chi connectivity index (χ1) is 21.2. The average molecular weight is 754 g/mol.